The zero-order valence-electron chi connectivity index (χ0n) is 9.75. The number of methoxy groups -OCH3 is 1. The van der Waals surface area contributed by atoms with Crippen molar-refractivity contribution < 1.29 is 13.5 Å². The number of ether oxygens (including phenoxy) is 1. The molecule has 0 amide bonds. The summed E-state index contributed by atoms with van der Waals surface area (Å²) in [5, 5.41) is 0. The Hall–Kier alpha value is -1.36. The maximum atomic E-state index is 13.1. The normalized spacial score (nSPS) is 19.5. The lowest BCUT2D eigenvalue weighted by Crippen LogP contribution is -2.25. The quantitative estimate of drug-likeness (QED) is 0.825. The number of nitrogens with zero attached hydrogens (tertiary/aromatic N) is 1. The molecule has 1 aliphatic rings. The van der Waals surface area contributed by atoms with Gasteiger partial charge in [-0.2, -0.15) is 0 Å². The fourth-order valence-corrected chi connectivity index (χ4v) is 2.10. The first-order valence-electron chi connectivity index (χ1n) is 5.53. The topological polar surface area (TPSA) is 38.5 Å². The van der Waals surface area contributed by atoms with Gasteiger partial charge in [0.15, 0.2) is 0 Å². The number of likely N-dealkylation sites (tertiary alicyclic amines) is 1. The van der Waals surface area contributed by atoms with Crippen LogP contribution in [0, 0.1) is 0 Å². The fourth-order valence-electron chi connectivity index (χ4n) is 2.10. The van der Waals surface area contributed by atoms with Gasteiger partial charge in [0.1, 0.15) is 5.75 Å². The molecule has 1 aromatic carbocycles. The first kappa shape index (κ1) is 12.1. The summed E-state index contributed by atoms with van der Waals surface area (Å²) in [6.07, 6.45) is -0.0718. The highest BCUT2D eigenvalue weighted by molar-refractivity contribution is 5.47. The Kier molecular flexibility index (Phi) is 3.19. The molecule has 0 atom stereocenters. The van der Waals surface area contributed by atoms with Crippen molar-refractivity contribution in [1.29, 1.82) is 0 Å². The van der Waals surface area contributed by atoms with Gasteiger partial charge in [-0.05, 0) is 18.2 Å². The van der Waals surface area contributed by atoms with E-state index >= 15 is 0 Å². The number of alkyl halides is 2. The summed E-state index contributed by atoms with van der Waals surface area (Å²) < 4.78 is 31.3. The van der Waals surface area contributed by atoms with Crippen molar-refractivity contribution in [2.75, 3.05) is 25.9 Å². The van der Waals surface area contributed by atoms with Gasteiger partial charge >= 0.3 is 0 Å². The molecule has 0 saturated carbocycles. The third-order valence-corrected chi connectivity index (χ3v) is 2.95. The molecule has 1 fully saturated rings. The second kappa shape index (κ2) is 4.49. The maximum Gasteiger partial charge on any atom is 0.261 e. The van der Waals surface area contributed by atoms with Gasteiger partial charge in [0.25, 0.3) is 5.92 Å². The highest BCUT2D eigenvalue weighted by atomic mass is 19.3. The fraction of sp³-hybridized carbons (Fsp3) is 0.500. The van der Waals surface area contributed by atoms with E-state index in [9.17, 15) is 8.78 Å². The molecular formula is C12H16F2N2O. The van der Waals surface area contributed by atoms with Gasteiger partial charge in [-0.15, -0.1) is 0 Å². The molecule has 2 N–H and O–H groups in total. The predicted molar refractivity (Wildman–Crippen MR) is 62.2 cm³/mol. The number of halogens is 2. The van der Waals surface area contributed by atoms with Crippen molar-refractivity contribution >= 4 is 5.69 Å². The van der Waals surface area contributed by atoms with Crippen molar-refractivity contribution in [2.45, 2.75) is 18.9 Å². The zero-order valence-corrected chi connectivity index (χ0v) is 9.75. The maximum absolute atomic E-state index is 13.1. The summed E-state index contributed by atoms with van der Waals surface area (Å²) in [6, 6.07) is 5.27. The van der Waals surface area contributed by atoms with Crippen molar-refractivity contribution in [1.82, 2.24) is 4.90 Å². The Bertz CT molecular complexity index is 409. The zero-order chi connectivity index (χ0) is 12.5. The summed E-state index contributed by atoms with van der Waals surface area (Å²) >= 11 is 0. The minimum atomic E-state index is -2.56. The number of nitrogens with two attached hydrogens (primary N) is 1. The van der Waals surface area contributed by atoms with Crippen LogP contribution in [0.3, 0.4) is 0 Å². The van der Waals surface area contributed by atoms with Crippen LogP contribution in [0.15, 0.2) is 18.2 Å². The Morgan fingerprint density at radius 3 is 2.82 bits per heavy atom. The van der Waals surface area contributed by atoms with E-state index in [0.29, 0.717) is 24.5 Å². The van der Waals surface area contributed by atoms with Gasteiger partial charge in [0.2, 0.25) is 0 Å². The second-order valence-corrected chi connectivity index (χ2v) is 4.39. The molecule has 0 bridgehead atoms. The highest BCUT2D eigenvalue weighted by Crippen LogP contribution is 2.30. The van der Waals surface area contributed by atoms with Crippen LogP contribution >= 0.6 is 0 Å². The first-order chi connectivity index (χ1) is 8.00. The summed E-state index contributed by atoms with van der Waals surface area (Å²) in [5.74, 6) is -1.87. The minimum absolute atomic E-state index is 0.0718. The van der Waals surface area contributed by atoms with Crippen LogP contribution in [0.4, 0.5) is 14.5 Å². The molecule has 0 radical (unpaired) electrons. The number of rotatable bonds is 3. The lowest BCUT2D eigenvalue weighted by Gasteiger charge is -2.17. The minimum Gasteiger partial charge on any atom is -0.496 e. The summed E-state index contributed by atoms with van der Waals surface area (Å²) in [5.41, 5.74) is 7.16. The molecule has 1 aromatic rings. The lowest BCUT2D eigenvalue weighted by molar-refractivity contribution is 0.0114. The molecule has 1 heterocycles. The number of anilines is 1. The Morgan fingerprint density at radius 2 is 2.24 bits per heavy atom. The molecule has 0 aliphatic carbocycles. The molecule has 17 heavy (non-hydrogen) atoms. The van der Waals surface area contributed by atoms with Crippen molar-refractivity contribution in [3.8, 4) is 5.75 Å². The average molecular weight is 242 g/mol. The SMILES string of the molecule is COc1ccc(N)cc1CN1CCC(F)(F)C1. The molecule has 0 spiro atoms. The second-order valence-electron chi connectivity index (χ2n) is 4.39. The van der Waals surface area contributed by atoms with Crippen LogP contribution in [-0.4, -0.2) is 31.0 Å². The van der Waals surface area contributed by atoms with E-state index in [-0.39, 0.29) is 13.0 Å². The molecule has 2 rings (SSSR count). The molecule has 94 valence electrons. The largest absolute Gasteiger partial charge is 0.496 e. The van der Waals surface area contributed by atoms with Crippen molar-refractivity contribution in [3.05, 3.63) is 23.8 Å². The molecule has 0 unspecified atom stereocenters. The van der Waals surface area contributed by atoms with Crippen LogP contribution < -0.4 is 10.5 Å². The average Bonchev–Trinajstić information content (AvgIpc) is 2.58. The molecule has 5 heteroatoms. The van der Waals surface area contributed by atoms with E-state index in [4.69, 9.17) is 10.5 Å². The predicted octanol–water partition coefficient (Wildman–Crippen LogP) is 2.12. The number of hydrogen-bond acceptors (Lipinski definition) is 3. The van der Waals surface area contributed by atoms with Gasteiger partial charge < -0.3 is 10.5 Å². The smallest absolute Gasteiger partial charge is 0.261 e. The first-order valence-corrected chi connectivity index (χ1v) is 5.53. The molecule has 1 aliphatic heterocycles. The van der Waals surface area contributed by atoms with Crippen LogP contribution in [-0.2, 0) is 6.54 Å². The van der Waals surface area contributed by atoms with Crippen LogP contribution in [0.25, 0.3) is 0 Å². The van der Waals surface area contributed by atoms with E-state index in [0.717, 1.165) is 5.56 Å². The van der Waals surface area contributed by atoms with Gasteiger partial charge in [-0.25, -0.2) is 8.78 Å². The summed E-state index contributed by atoms with van der Waals surface area (Å²) in [7, 11) is 1.56. The third kappa shape index (κ3) is 2.85. The van der Waals surface area contributed by atoms with Crippen LogP contribution in [0.2, 0.25) is 0 Å². The molecule has 1 saturated heterocycles. The number of hydrogen-bond donors (Lipinski definition) is 1. The Labute approximate surface area is 99.2 Å². The van der Waals surface area contributed by atoms with Crippen LogP contribution in [0.5, 0.6) is 5.75 Å². The standard InChI is InChI=1S/C12H16F2N2O/c1-17-11-3-2-10(15)6-9(11)7-16-5-4-12(13,14)8-16/h2-3,6H,4-5,7-8,15H2,1H3. The number of nitrogen functional groups attached to an aromatic ring is 1. The van der Waals surface area contributed by atoms with E-state index in [1.807, 2.05) is 0 Å². The van der Waals surface area contributed by atoms with E-state index in [2.05, 4.69) is 0 Å². The van der Waals surface area contributed by atoms with Crippen molar-refractivity contribution in [2.24, 2.45) is 0 Å². The van der Waals surface area contributed by atoms with E-state index < -0.39 is 5.92 Å². The van der Waals surface area contributed by atoms with Crippen molar-refractivity contribution in [3.63, 3.8) is 0 Å². The summed E-state index contributed by atoms with van der Waals surface area (Å²) in [4.78, 5) is 1.72. The molecular weight excluding hydrogens is 226 g/mol. The van der Waals surface area contributed by atoms with Gasteiger partial charge in [0.05, 0.1) is 13.7 Å². The van der Waals surface area contributed by atoms with Gasteiger partial charge in [-0.1, -0.05) is 0 Å². The monoisotopic (exact) mass is 242 g/mol. The lowest BCUT2D eigenvalue weighted by atomic mass is 10.1. The van der Waals surface area contributed by atoms with Gasteiger partial charge in [-0.3, -0.25) is 4.90 Å². The van der Waals surface area contributed by atoms with E-state index in [1.54, 1.807) is 30.2 Å². The molecule has 0 aromatic heterocycles. The highest BCUT2D eigenvalue weighted by Gasteiger charge is 2.38. The Balaban J connectivity index is 2.11. The van der Waals surface area contributed by atoms with Gasteiger partial charge in [0, 0.05) is 30.8 Å². The third-order valence-electron chi connectivity index (χ3n) is 2.95. The number of benzene rings is 1. The van der Waals surface area contributed by atoms with Crippen LogP contribution in [0.1, 0.15) is 12.0 Å². The molecule has 3 nitrogen and oxygen atoms in total. The summed E-state index contributed by atoms with van der Waals surface area (Å²) in [6.45, 7) is 0.666. The Morgan fingerprint density at radius 1 is 1.47 bits per heavy atom. The van der Waals surface area contributed by atoms with E-state index in [1.165, 1.54) is 0 Å².